The maximum absolute atomic E-state index is 13.8. The van der Waals surface area contributed by atoms with Crippen molar-refractivity contribution in [3.8, 4) is 0 Å². The molecule has 0 unspecified atom stereocenters. The number of hydrogen-bond acceptors (Lipinski definition) is 1. The molecular formula is C17H18FN. The Labute approximate surface area is 113 Å². The highest BCUT2D eigenvalue weighted by Gasteiger charge is 2.25. The van der Waals surface area contributed by atoms with Gasteiger partial charge in [0, 0.05) is 6.54 Å². The first kappa shape index (κ1) is 12.2. The van der Waals surface area contributed by atoms with Gasteiger partial charge in [0.2, 0.25) is 0 Å². The van der Waals surface area contributed by atoms with Gasteiger partial charge in [-0.3, -0.25) is 0 Å². The molecule has 1 N–H and O–H groups in total. The van der Waals surface area contributed by atoms with Crippen LogP contribution in [0.3, 0.4) is 0 Å². The van der Waals surface area contributed by atoms with Gasteiger partial charge in [0.25, 0.3) is 0 Å². The van der Waals surface area contributed by atoms with Crippen molar-refractivity contribution in [3.05, 3.63) is 65.0 Å². The molecule has 2 heteroatoms. The maximum Gasteiger partial charge on any atom is 0.146 e. The number of aryl methyl sites for hydroxylation is 1. The van der Waals surface area contributed by atoms with Gasteiger partial charge in [0.1, 0.15) is 5.82 Å². The van der Waals surface area contributed by atoms with Crippen LogP contribution < -0.4 is 5.32 Å². The van der Waals surface area contributed by atoms with Gasteiger partial charge in [0.15, 0.2) is 0 Å². The van der Waals surface area contributed by atoms with Crippen molar-refractivity contribution in [2.45, 2.75) is 32.2 Å². The number of halogens is 1. The van der Waals surface area contributed by atoms with Crippen molar-refractivity contribution in [2.75, 3.05) is 5.32 Å². The predicted octanol–water partition coefficient (Wildman–Crippen LogP) is 4.62. The van der Waals surface area contributed by atoms with E-state index in [-0.39, 0.29) is 5.82 Å². The van der Waals surface area contributed by atoms with Crippen molar-refractivity contribution >= 4 is 5.69 Å². The summed E-state index contributed by atoms with van der Waals surface area (Å²) in [6, 6.07) is 13.6. The Morgan fingerprint density at radius 3 is 2.63 bits per heavy atom. The molecule has 19 heavy (non-hydrogen) atoms. The lowest BCUT2D eigenvalue weighted by Crippen LogP contribution is -2.05. The molecule has 3 rings (SSSR count). The molecule has 1 aliphatic carbocycles. The molecule has 0 aromatic heterocycles. The standard InChI is InChI=1S/C17H18FN/c1-12-5-4-8-16(18)17(12)19-11-14-6-2-3-7-15(14)13-9-10-13/h2-8,13,19H,9-11H2,1H3. The number of benzene rings is 2. The third kappa shape index (κ3) is 2.62. The zero-order chi connectivity index (χ0) is 13.2. The van der Waals surface area contributed by atoms with Crippen LogP contribution in [0.1, 0.15) is 35.4 Å². The lowest BCUT2D eigenvalue weighted by Gasteiger charge is -2.13. The van der Waals surface area contributed by atoms with Gasteiger partial charge in [-0.25, -0.2) is 4.39 Å². The molecule has 1 fully saturated rings. The van der Waals surface area contributed by atoms with E-state index in [0.29, 0.717) is 12.2 Å². The van der Waals surface area contributed by atoms with Crippen LogP contribution in [0.2, 0.25) is 0 Å². The van der Waals surface area contributed by atoms with Crippen molar-refractivity contribution < 1.29 is 4.39 Å². The molecule has 0 bridgehead atoms. The SMILES string of the molecule is Cc1cccc(F)c1NCc1ccccc1C1CC1. The number of anilines is 1. The number of rotatable bonds is 4. The molecule has 0 amide bonds. The molecule has 2 aromatic carbocycles. The monoisotopic (exact) mass is 255 g/mol. The van der Waals surface area contributed by atoms with Gasteiger partial charge in [-0.05, 0) is 48.4 Å². The number of hydrogen-bond donors (Lipinski definition) is 1. The van der Waals surface area contributed by atoms with Crippen LogP contribution in [-0.2, 0) is 6.54 Å². The molecule has 0 atom stereocenters. The second-order valence-electron chi connectivity index (χ2n) is 5.26. The van der Waals surface area contributed by atoms with Crippen LogP contribution in [0.4, 0.5) is 10.1 Å². The summed E-state index contributed by atoms with van der Waals surface area (Å²) in [4.78, 5) is 0. The van der Waals surface area contributed by atoms with Crippen LogP contribution in [0.15, 0.2) is 42.5 Å². The zero-order valence-corrected chi connectivity index (χ0v) is 11.1. The largest absolute Gasteiger partial charge is 0.378 e. The highest BCUT2D eigenvalue weighted by Crippen LogP contribution is 2.41. The smallest absolute Gasteiger partial charge is 0.146 e. The third-order valence-electron chi connectivity index (χ3n) is 3.75. The Kier molecular flexibility index (Phi) is 3.24. The predicted molar refractivity (Wildman–Crippen MR) is 76.9 cm³/mol. The van der Waals surface area contributed by atoms with Gasteiger partial charge >= 0.3 is 0 Å². The summed E-state index contributed by atoms with van der Waals surface area (Å²) in [5.74, 6) is 0.545. The first-order chi connectivity index (χ1) is 9.25. The number of nitrogens with one attached hydrogen (secondary N) is 1. The first-order valence-electron chi connectivity index (χ1n) is 6.82. The molecule has 2 aromatic rings. The average molecular weight is 255 g/mol. The topological polar surface area (TPSA) is 12.0 Å². The second-order valence-corrected chi connectivity index (χ2v) is 5.26. The van der Waals surface area contributed by atoms with Gasteiger partial charge in [0.05, 0.1) is 5.69 Å². The summed E-state index contributed by atoms with van der Waals surface area (Å²) in [5.41, 5.74) is 4.27. The van der Waals surface area contributed by atoms with E-state index in [1.807, 2.05) is 13.0 Å². The van der Waals surface area contributed by atoms with E-state index < -0.39 is 0 Å². The molecule has 98 valence electrons. The Morgan fingerprint density at radius 1 is 1.11 bits per heavy atom. The van der Waals surface area contributed by atoms with E-state index in [1.54, 1.807) is 6.07 Å². The summed E-state index contributed by atoms with van der Waals surface area (Å²) >= 11 is 0. The molecule has 0 saturated heterocycles. The Morgan fingerprint density at radius 2 is 1.89 bits per heavy atom. The van der Waals surface area contributed by atoms with Crippen LogP contribution in [0, 0.1) is 12.7 Å². The molecule has 0 spiro atoms. The Hall–Kier alpha value is -1.83. The van der Waals surface area contributed by atoms with E-state index in [1.165, 1.54) is 30.0 Å². The normalized spacial score (nSPS) is 14.4. The maximum atomic E-state index is 13.8. The van der Waals surface area contributed by atoms with Crippen LogP contribution in [0.25, 0.3) is 0 Å². The Bertz CT molecular complexity index is 567. The summed E-state index contributed by atoms with van der Waals surface area (Å²) in [5, 5.41) is 3.25. The molecule has 0 heterocycles. The average Bonchev–Trinajstić information content (AvgIpc) is 3.23. The summed E-state index contributed by atoms with van der Waals surface area (Å²) < 4.78 is 13.8. The van der Waals surface area contributed by atoms with Crippen LogP contribution in [-0.4, -0.2) is 0 Å². The minimum absolute atomic E-state index is 0.177. The van der Waals surface area contributed by atoms with E-state index in [2.05, 4.69) is 29.6 Å². The summed E-state index contributed by atoms with van der Waals surface area (Å²) in [6.45, 7) is 2.62. The lowest BCUT2D eigenvalue weighted by molar-refractivity contribution is 0.629. The molecule has 0 radical (unpaired) electrons. The van der Waals surface area contributed by atoms with Crippen LogP contribution in [0.5, 0.6) is 0 Å². The lowest BCUT2D eigenvalue weighted by atomic mass is 10.0. The molecule has 1 aliphatic rings. The fraction of sp³-hybridized carbons (Fsp3) is 0.294. The quantitative estimate of drug-likeness (QED) is 0.840. The van der Waals surface area contributed by atoms with Gasteiger partial charge in [-0.15, -0.1) is 0 Å². The summed E-state index contributed by atoms with van der Waals surface area (Å²) in [6.07, 6.45) is 2.57. The highest BCUT2D eigenvalue weighted by molar-refractivity contribution is 5.52. The minimum atomic E-state index is -0.177. The summed E-state index contributed by atoms with van der Waals surface area (Å²) in [7, 11) is 0. The van der Waals surface area contributed by atoms with E-state index in [9.17, 15) is 4.39 Å². The first-order valence-corrected chi connectivity index (χ1v) is 6.82. The minimum Gasteiger partial charge on any atom is -0.378 e. The zero-order valence-electron chi connectivity index (χ0n) is 11.1. The van der Waals surface area contributed by atoms with Gasteiger partial charge in [-0.2, -0.15) is 0 Å². The van der Waals surface area contributed by atoms with Crippen LogP contribution >= 0.6 is 0 Å². The third-order valence-corrected chi connectivity index (χ3v) is 3.75. The van der Waals surface area contributed by atoms with E-state index in [0.717, 1.165) is 11.5 Å². The Balaban J connectivity index is 1.79. The van der Waals surface area contributed by atoms with Crippen molar-refractivity contribution in [1.82, 2.24) is 0 Å². The van der Waals surface area contributed by atoms with Gasteiger partial charge in [-0.1, -0.05) is 36.4 Å². The van der Waals surface area contributed by atoms with E-state index in [4.69, 9.17) is 0 Å². The molecule has 1 nitrogen and oxygen atoms in total. The van der Waals surface area contributed by atoms with Crippen molar-refractivity contribution in [1.29, 1.82) is 0 Å². The number of para-hydroxylation sites is 1. The molecular weight excluding hydrogens is 237 g/mol. The molecule has 0 aliphatic heterocycles. The van der Waals surface area contributed by atoms with Gasteiger partial charge < -0.3 is 5.32 Å². The van der Waals surface area contributed by atoms with Crippen molar-refractivity contribution in [2.24, 2.45) is 0 Å². The van der Waals surface area contributed by atoms with E-state index >= 15 is 0 Å². The fourth-order valence-corrected chi connectivity index (χ4v) is 2.53. The fourth-order valence-electron chi connectivity index (χ4n) is 2.53. The second kappa shape index (κ2) is 5.04. The van der Waals surface area contributed by atoms with Crippen molar-refractivity contribution in [3.63, 3.8) is 0 Å². The highest BCUT2D eigenvalue weighted by atomic mass is 19.1. The molecule has 1 saturated carbocycles.